The SMILES string of the molecule is O=C(c1cc(-c2ccncc2)n(-c2ccc(C(F)(F)F)c(F)c2)n1)N1CCC2(CC1)C(=O)NCN2c1c(F)cc(F)cc1F. The number of alkyl halides is 3. The predicted octanol–water partition coefficient (Wildman–Crippen LogP) is 5.08. The second-order valence-electron chi connectivity index (χ2n) is 10.4. The monoisotopic (exact) mass is 618 g/mol. The largest absolute Gasteiger partial charge is 0.419 e. The molecule has 0 saturated carbocycles. The summed E-state index contributed by atoms with van der Waals surface area (Å²) in [5.74, 6) is -6.07. The molecule has 2 aromatic heterocycles. The molecule has 228 valence electrons. The number of pyridine rings is 1. The van der Waals surface area contributed by atoms with E-state index in [0.717, 1.165) is 10.7 Å². The molecule has 0 unspecified atom stereocenters. The van der Waals surface area contributed by atoms with E-state index < -0.39 is 58.0 Å². The van der Waals surface area contributed by atoms with E-state index in [-0.39, 0.29) is 49.7 Å². The molecule has 0 bridgehead atoms. The number of amides is 2. The van der Waals surface area contributed by atoms with Crippen LogP contribution in [0.4, 0.5) is 36.4 Å². The van der Waals surface area contributed by atoms with E-state index in [1.54, 1.807) is 12.1 Å². The van der Waals surface area contributed by atoms with E-state index >= 15 is 0 Å². The summed E-state index contributed by atoms with van der Waals surface area (Å²) in [7, 11) is 0. The zero-order chi connectivity index (χ0) is 31.4. The summed E-state index contributed by atoms with van der Waals surface area (Å²) in [5.41, 5.74) is -2.85. The van der Waals surface area contributed by atoms with Gasteiger partial charge in [0, 0.05) is 49.2 Å². The van der Waals surface area contributed by atoms with Crippen molar-refractivity contribution >= 4 is 17.5 Å². The Morgan fingerprint density at radius 3 is 2.16 bits per heavy atom. The van der Waals surface area contributed by atoms with Gasteiger partial charge in [0.2, 0.25) is 5.91 Å². The third-order valence-corrected chi connectivity index (χ3v) is 7.87. The zero-order valence-corrected chi connectivity index (χ0v) is 22.5. The fraction of sp³-hybridized carbons (Fsp3) is 0.241. The lowest BCUT2D eigenvalue weighted by atomic mass is 9.85. The van der Waals surface area contributed by atoms with Crippen molar-refractivity contribution in [3.05, 3.63) is 95.5 Å². The summed E-state index contributed by atoms with van der Waals surface area (Å²) < 4.78 is 97.9. The fourth-order valence-corrected chi connectivity index (χ4v) is 5.69. The highest BCUT2D eigenvalue weighted by Crippen LogP contribution is 2.39. The average Bonchev–Trinajstić information content (AvgIpc) is 3.55. The normalized spacial score (nSPS) is 16.5. The number of benzene rings is 2. The summed E-state index contributed by atoms with van der Waals surface area (Å²) in [6.45, 7) is -0.283. The molecule has 0 atom stereocenters. The highest BCUT2D eigenvalue weighted by molar-refractivity contribution is 5.96. The first-order chi connectivity index (χ1) is 20.9. The standard InChI is InChI=1S/C29H21F7N6O2/c30-17-11-21(32)25(22(33)12-17)41-15-38-27(44)28(41)5-9-40(10-6-28)26(43)23-14-24(16-3-7-37-8-4-16)42(39-23)18-1-2-19(20(31)13-18)29(34,35)36/h1-4,7-8,11-14H,5-6,9-10,15H2,(H,38,44). The molecule has 2 aliphatic heterocycles. The minimum absolute atomic E-state index is 0.0249. The maximum absolute atomic E-state index is 14.7. The summed E-state index contributed by atoms with van der Waals surface area (Å²) in [6, 6.07) is 7.88. The lowest BCUT2D eigenvalue weighted by molar-refractivity contribution is -0.140. The number of rotatable bonds is 4. The summed E-state index contributed by atoms with van der Waals surface area (Å²) in [6.07, 6.45) is -2.05. The number of aromatic nitrogens is 3. The summed E-state index contributed by atoms with van der Waals surface area (Å²) in [5, 5.41) is 6.87. The molecule has 1 N–H and O–H groups in total. The molecule has 2 aliphatic rings. The molecule has 44 heavy (non-hydrogen) atoms. The molecule has 2 saturated heterocycles. The van der Waals surface area contributed by atoms with Crippen LogP contribution in [0, 0.1) is 23.3 Å². The van der Waals surface area contributed by atoms with Gasteiger partial charge in [-0.1, -0.05) is 0 Å². The van der Waals surface area contributed by atoms with Crippen molar-refractivity contribution in [2.45, 2.75) is 24.6 Å². The van der Waals surface area contributed by atoms with Crippen LogP contribution in [0.5, 0.6) is 0 Å². The fourth-order valence-electron chi connectivity index (χ4n) is 5.69. The molecule has 15 heteroatoms. The maximum atomic E-state index is 14.7. The number of hydrogen-bond donors (Lipinski definition) is 1. The minimum atomic E-state index is -4.91. The number of anilines is 1. The van der Waals surface area contributed by atoms with Crippen molar-refractivity contribution in [2.75, 3.05) is 24.7 Å². The first kappa shape index (κ1) is 29.1. The number of piperidine rings is 1. The number of likely N-dealkylation sites (tertiary alicyclic amines) is 1. The second kappa shape index (κ2) is 10.6. The Morgan fingerprint density at radius 2 is 1.55 bits per heavy atom. The van der Waals surface area contributed by atoms with Gasteiger partial charge in [-0.3, -0.25) is 14.6 Å². The third kappa shape index (κ3) is 4.91. The van der Waals surface area contributed by atoms with Gasteiger partial charge in [-0.05, 0) is 43.2 Å². The molecule has 8 nitrogen and oxygen atoms in total. The Balaban J connectivity index is 1.30. The summed E-state index contributed by atoms with van der Waals surface area (Å²) in [4.78, 5) is 33.1. The van der Waals surface area contributed by atoms with Crippen molar-refractivity contribution in [1.82, 2.24) is 25.0 Å². The topological polar surface area (TPSA) is 83.4 Å². The molecule has 6 rings (SSSR count). The number of carbonyl (C=O) groups is 2. The molecular weight excluding hydrogens is 597 g/mol. The van der Waals surface area contributed by atoms with Gasteiger partial charge < -0.3 is 15.1 Å². The predicted molar refractivity (Wildman–Crippen MR) is 141 cm³/mol. The van der Waals surface area contributed by atoms with Crippen molar-refractivity contribution in [3.63, 3.8) is 0 Å². The Morgan fingerprint density at radius 1 is 0.886 bits per heavy atom. The van der Waals surface area contributed by atoms with Crippen LogP contribution in [0.3, 0.4) is 0 Å². The van der Waals surface area contributed by atoms with Crippen molar-refractivity contribution in [2.24, 2.45) is 0 Å². The lowest BCUT2D eigenvalue weighted by Gasteiger charge is -2.43. The summed E-state index contributed by atoms with van der Waals surface area (Å²) >= 11 is 0. The number of hydrogen-bond acceptors (Lipinski definition) is 5. The van der Waals surface area contributed by atoms with Crippen LogP contribution >= 0.6 is 0 Å². The smallest absolute Gasteiger partial charge is 0.337 e. The van der Waals surface area contributed by atoms with Crippen LogP contribution in [0.15, 0.2) is 60.9 Å². The van der Waals surface area contributed by atoms with Crippen LogP contribution in [0.1, 0.15) is 28.9 Å². The average molecular weight is 619 g/mol. The number of nitrogens with one attached hydrogen (secondary N) is 1. The molecule has 2 fully saturated rings. The van der Waals surface area contributed by atoms with Gasteiger partial charge in [0.25, 0.3) is 5.91 Å². The van der Waals surface area contributed by atoms with Crippen LogP contribution in [0.25, 0.3) is 16.9 Å². The molecule has 0 radical (unpaired) electrons. The van der Waals surface area contributed by atoms with Crippen LogP contribution < -0.4 is 10.2 Å². The zero-order valence-electron chi connectivity index (χ0n) is 22.5. The number of carbonyl (C=O) groups excluding carboxylic acids is 2. The van der Waals surface area contributed by atoms with Gasteiger partial charge in [0.1, 0.15) is 22.9 Å². The van der Waals surface area contributed by atoms with Gasteiger partial charge in [0.05, 0.1) is 23.6 Å². The highest BCUT2D eigenvalue weighted by atomic mass is 19.4. The van der Waals surface area contributed by atoms with E-state index in [2.05, 4.69) is 15.4 Å². The Labute approximate surface area is 244 Å². The van der Waals surface area contributed by atoms with E-state index in [0.29, 0.717) is 29.8 Å². The van der Waals surface area contributed by atoms with Gasteiger partial charge >= 0.3 is 6.18 Å². The molecule has 0 aliphatic carbocycles. The van der Waals surface area contributed by atoms with Gasteiger partial charge in [-0.25, -0.2) is 22.2 Å². The Hall–Kier alpha value is -4.95. The third-order valence-electron chi connectivity index (χ3n) is 7.87. The first-order valence-corrected chi connectivity index (χ1v) is 13.3. The van der Waals surface area contributed by atoms with Crippen molar-refractivity contribution in [3.8, 4) is 16.9 Å². The molecule has 4 aromatic rings. The molecule has 1 spiro atoms. The van der Waals surface area contributed by atoms with Crippen LogP contribution in [0.2, 0.25) is 0 Å². The number of nitrogens with zero attached hydrogens (tertiary/aromatic N) is 5. The van der Waals surface area contributed by atoms with Crippen molar-refractivity contribution < 1.29 is 40.3 Å². The van der Waals surface area contributed by atoms with Crippen LogP contribution in [-0.4, -0.2) is 56.8 Å². The molecule has 2 amide bonds. The molecular formula is C29H21F7N6O2. The van der Waals surface area contributed by atoms with E-state index in [1.807, 2.05) is 0 Å². The maximum Gasteiger partial charge on any atom is 0.419 e. The number of halogens is 7. The van der Waals surface area contributed by atoms with E-state index in [4.69, 9.17) is 0 Å². The molecule has 2 aromatic carbocycles. The Bertz CT molecular complexity index is 1740. The first-order valence-electron chi connectivity index (χ1n) is 13.3. The highest BCUT2D eigenvalue weighted by Gasteiger charge is 2.52. The Kier molecular flexibility index (Phi) is 7.05. The second-order valence-corrected chi connectivity index (χ2v) is 10.4. The van der Waals surface area contributed by atoms with E-state index in [1.165, 1.54) is 28.3 Å². The molecule has 4 heterocycles. The van der Waals surface area contributed by atoms with Gasteiger partial charge in [-0.2, -0.15) is 18.3 Å². The van der Waals surface area contributed by atoms with Crippen molar-refractivity contribution in [1.29, 1.82) is 0 Å². The lowest BCUT2D eigenvalue weighted by Crippen LogP contribution is -2.57. The van der Waals surface area contributed by atoms with E-state index in [9.17, 15) is 40.3 Å². The van der Waals surface area contributed by atoms with Gasteiger partial charge in [-0.15, -0.1) is 0 Å². The quantitative estimate of drug-likeness (QED) is 0.323. The minimum Gasteiger partial charge on any atom is -0.337 e. The van der Waals surface area contributed by atoms with Gasteiger partial charge in [0.15, 0.2) is 17.3 Å². The van der Waals surface area contributed by atoms with Crippen LogP contribution in [-0.2, 0) is 11.0 Å².